The lowest BCUT2D eigenvalue weighted by Crippen LogP contribution is -2.27. The third-order valence-corrected chi connectivity index (χ3v) is 6.60. The lowest BCUT2D eigenvalue weighted by molar-refractivity contribution is -0.145. The summed E-state index contributed by atoms with van der Waals surface area (Å²) in [7, 11) is 0. The molecule has 4 rings (SSSR count). The van der Waals surface area contributed by atoms with Crippen LogP contribution in [0.3, 0.4) is 0 Å². The fraction of sp³-hybridized carbons (Fsp3) is 0.417. The maximum atomic E-state index is 13.1. The number of benzene rings is 1. The van der Waals surface area contributed by atoms with Gasteiger partial charge in [-0.25, -0.2) is 15.0 Å². The normalized spacial score (nSPS) is 15.6. The Labute approximate surface area is 204 Å². The minimum Gasteiger partial charge on any atom is -0.493 e. The Balaban J connectivity index is 1.52. The smallest absolute Gasteiger partial charge is 0.451 e. The van der Waals surface area contributed by atoms with E-state index in [0.29, 0.717) is 42.6 Å². The number of thiazole rings is 1. The van der Waals surface area contributed by atoms with E-state index < -0.39 is 23.9 Å². The minimum absolute atomic E-state index is 0.356. The van der Waals surface area contributed by atoms with Gasteiger partial charge in [-0.3, -0.25) is 4.79 Å². The Morgan fingerprint density at radius 1 is 1.17 bits per heavy atom. The molecule has 11 heteroatoms. The van der Waals surface area contributed by atoms with Gasteiger partial charge in [0.05, 0.1) is 12.6 Å². The Hall–Kier alpha value is -3.05. The van der Waals surface area contributed by atoms with E-state index in [1.807, 2.05) is 13.0 Å². The summed E-state index contributed by atoms with van der Waals surface area (Å²) < 4.78 is 49.7. The molecule has 0 bridgehead atoms. The molecule has 0 aliphatic carbocycles. The van der Waals surface area contributed by atoms with Crippen molar-refractivity contribution in [3.05, 3.63) is 58.6 Å². The molecule has 3 heterocycles. The van der Waals surface area contributed by atoms with Crippen LogP contribution in [0.25, 0.3) is 10.6 Å². The molecule has 1 N–H and O–H groups in total. The first-order valence-corrected chi connectivity index (χ1v) is 12.0. The van der Waals surface area contributed by atoms with Crippen LogP contribution in [-0.4, -0.2) is 40.7 Å². The Morgan fingerprint density at radius 2 is 1.89 bits per heavy atom. The van der Waals surface area contributed by atoms with Crippen LogP contribution in [0.4, 0.5) is 13.2 Å². The number of hydrogen-bond acceptors (Lipinski definition) is 7. The molecule has 0 radical (unpaired) electrons. The third-order valence-electron chi connectivity index (χ3n) is 5.64. The first-order valence-electron chi connectivity index (χ1n) is 11.2. The summed E-state index contributed by atoms with van der Waals surface area (Å²) >= 11 is 1.51. The summed E-state index contributed by atoms with van der Waals surface area (Å²) in [6.07, 6.45) is 1.12. The Bertz CT molecular complexity index is 1160. The van der Waals surface area contributed by atoms with Crippen molar-refractivity contribution >= 4 is 17.2 Å². The second-order valence-electron chi connectivity index (χ2n) is 8.42. The van der Waals surface area contributed by atoms with Crippen molar-refractivity contribution in [1.29, 1.82) is 0 Å². The SMILES string of the molecule is Cc1cnc(-c2cc(OCC3CCOCC3)cc(C(=O)NC(C)c3cnc(C(F)(F)F)nc3)c2)s1. The van der Waals surface area contributed by atoms with Crippen LogP contribution in [-0.2, 0) is 10.9 Å². The lowest BCUT2D eigenvalue weighted by atomic mass is 10.0. The topological polar surface area (TPSA) is 86.2 Å². The zero-order valence-electron chi connectivity index (χ0n) is 19.3. The van der Waals surface area contributed by atoms with Crippen LogP contribution in [0.1, 0.15) is 52.4 Å². The highest BCUT2D eigenvalue weighted by molar-refractivity contribution is 7.14. The van der Waals surface area contributed by atoms with Gasteiger partial charge in [0, 0.05) is 53.4 Å². The van der Waals surface area contributed by atoms with Crippen LogP contribution in [0.2, 0.25) is 0 Å². The second-order valence-corrected chi connectivity index (χ2v) is 9.66. The molecule has 35 heavy (non-hydrogen) atoms. The van der Waals surface area contributed by atoms with Crippen molar-refractivity contribution in [1.82, 2.24) is 20.3 Å². The fourth-order valence-corrected chi connectivity index (χ4v) is 4.38. The van der Waals surface area contributed by atoms with Gasteiger partial charge in [0.25, 0.3) is 5.91 Å². The van der Waals surface area contributed by atoms with Gasteiger partial charge in [0.2, 0.25) is 5.82 Å². The van der Waals surface area contributed by atoms with E-state index >= 15 is 0 Å². The van der Waals surface area contributed by atoms with Crippen molar-refractivity contribution in [3.63, 3.8) is 0 Å². The molecule has 186 valence electrons. The molecule has 1 atom stereocenters. The number of aryl methyl sites for hydroxylation is 1. The van der Waals surface area contributed by atoms with Crippen LogP contribution in [0, 0.1) is 12.8 Å². The highest BCUT2D eigenvalue weighted by Crippen LogP contribution is 2.31. The zero-order valence-corrected chi connectivity index (χ0v) is 20.1. The standard InChI is InChI=1S/C24H25F3N4O3S/c1-14-10-28-22(35-14)18-7-17(8-20(9-18)34-13-16-3-5-33-6-4-16)21(32)31-15(2)19-11-29-23(30-12-19)24(25,26)27/h7-12,15-16H,3-6,13H2,1-2H3,(H,31,32). The minimum atomic E-state index is -4.62. The van der Waals surface area contributed by atoms with E-state index in [1.165, 1.54) is 11.3 Å². The van der Waals surface area contributed by atoms with Crippen LogP contribution < -0.4 is 10.1 Å². The molecule has 0 spiro atoms. The van der Waals surface area contributed by atoms with Crippen molar-refractivity contribution in [2.24, 2.45) is 5.92 Å². The maximum absolute atomic E-state index is 13.1. The number of nitrogens with zero attached hydrogens (tertiary/aromatic N) is 3. The summed E-state index contributed by atoms with van der Waals surface area (Å²) in [6, 6.07) is 4.64. The third kappa shape index (κ3) is 6.55. The van der Waals surface area contributed by atoms with Gasteiger partial charge in [-0.1, -0.05) is 0 Å². The highest BCUT2D eigenvalue weighted by atomic mass is 32.1. The van der Waals surface area contributed by atoms with E-state index in [-0.39, 0.29) is 0 Å². The van der Waals surface area contributed by atoms with E-state index in [0.717, 1.165) is 40.7 Å². The van der Waals surface area contributed by atoms with Crippen molar-refractivity contribution < 1.29 is 27.4 Å². The van der Waals surface area contributed by atoms with Gasteiger partial charge in [0.1, 0.15) is 10.8 Å². The van der Waals surface area contributed by atoms with Gasteiger partial charge in [-0.2, -0.15) is 13.2 Å². The molecule has 1 aliphatic heterocycles. The molecule has 1 saturated heterocycles. The molecule has 7 nitrogen and oxygen atoms in total. The highest BCUT2D eigenvalue weighted by Gasteiger charge is 2.34. The van der Waals surface area contributed by atoms with Gasteiger partial charge >= 0.3 is 6.18 Å². The summed E-state index contributed by atoms with van der Waals surface area (Å²) in [5.74, 6) is -0.690. The largest absolute Gasteiger partial charge is 0.493 e. The van der Waals surface area contributed by atoms with E-state index in [9.17, 15) is 18.0 Å². The number of rotatable bonds is 7. The first kappa shape index (κ1) is 25.1. The molecule has 1 amide bonds. The van der Waals surface area contributed by atoms with Gasteiger partial charge in [-0.15, -0.1) is 11.3 Å². The number of carbonyl (C=O) groups is 1. The summed E-state index contributed by atoms with van der Waals surface area (Å²) in [4.78, 5) is 25.3. The number of alkyl halides is 3. The average Bonchev–Trinajstić information content (AvgIpc) is 3.29. The fourth-order valence-electron chi connectivity index (χ4n) is 3.62. The number of halogens is 3. The van der Waals surface area contributed by atoms with Gasteiger partial charge in [0.15, 0.2) is 0 Å². The maximum Gasteiger partial charge on any atom is 0.451 e. The lowest BCUT2D eigenvalue weighted by Gasteiger charge is -2.22. The molecule has 1 fully saturated rings. The molecule has 1 aliphatic rings. The molecular weight excluding hydrogens is 481 g/mol. The van der Waals surface area contributed by atoms with E-state index in [4.69, 9.17) is 9.47 Å². The summed E-state index contributed by atoms with van der Waals surface area (Å²) in [5.41, 5.74) is 1.47. The number of amides is 1. The van der Waals surface area contributed by atoms with Crippen LogP contribution in [0.5, 0.6) is 5.75 Å². The predicted octanol–water partition coefficient (Wildman–Crippen LogP) is 5.22. The Morgan fingerprint density at radius 3 is 2.51 bits per heavy atom. The number of ether oxygens (including phenoxy) is 2. The quantitative estimate of drug-likeness (QED) is 0.473. The zero-order chi connectivity index (χ0) is 25.0. The molecule has 1 unspecified atom stereocenters. The molecule has 3 aromatic rings. The second kappa shape index (κ2) is 10.7. The number of carbonyl (C=O) groups excluding carboxylic acids is 1. The molecular formula is C24H25F3N4O3S. The molecule has 2 aromatic heterocycles. The van der Waals surface area contributed by atoms with Crippen molar-refractivity contribution in [2.75, 3.05) is 19.8 Å². The van der Waals surface area contributed by atoms with E-state index in [2.05, 4.69) is 20.3 Å². The average molecular weight is 507 g/mol. The number of hydrogen-bond donors (Lipinski definition) is 1. The monoisotopic (exact) mass is 506 g/mol. The number of aromatic nitrogens is 3. The first-order chi connectivity index (χ1) is 16.7. The van der Waals surface area contributed by atoms with Crippen LogP contribution >= 0.6 is 11.3 Å². The van der Waals surface area contributed by atoms with Crippen molar-refractivity contribution in [2.45, 2.75) is 38.9 Å². The summed E-state index contributed by atoms with van der Waals surface area (Å²) in [6.45, 7) is 5.55. The molecule has 1 aromatic carbocycles. The Kier molecular flexibility index (Phi) is 7.66. The van der Waals surface area contributed by atoms with Crippen molar-refractivity contribution in [3.8, 4) is 16.3 Å². The van der Waals surface area contributed by atoms with Crippen LogP contribution in [0.15, 0.2) is 36.8 Å². The molecule has 0 saturated carbocycles. The number of nitrogens with one attached hydrogen (secondary N) is 1. The van der Waals surface area contributed by atoms with E-state index in [1.54, 1.807) is 25.3 Å². The van der Waals surface area contributed by atoms with Gasteiger partial charge < -0.3 is 14.8 Å². The predicted molar refractivity (Wildman–Crippen MR) is 124 cm³/mol. The summed E-state index contributed by atoms with van der Waals surface area (Å²) in [5, 5.41) is 3.56. The van der Waals surface area contributed by atoms with Gasteiger partial charge in [-0.05, 0) is 50.8 Å².